The van der Waals surface area contributed by atoms with Crippen molar-refractivity contribution in [1.82, 2.24) is 0 Å². The summed E-state index contributed by atoms with van der Waals surface area (Å²) in [6, 6.07) is 4.39. The van der Waals surface area contributed by atoms with Gasteiger partial charge < -0.3 is 19.3 Å². The van der Waals surface area contributed by atoms with Gasteiger partial charge >= 0.3 is 11.9 Å². The minimum Gasteiger partial charge on any atom is -0.493 e. The van der Waals surface area contributed by atoms with Crippen molar-refractivity contribution in [3.63, 3.8) is 0 Å². The van der Waals surface area contributed by atoms with Crippen LogP contribution in [-0.4, -0.2) is 37.4 Å². The van der Waals surface area contributed by atoms with E-state index < -0.39 is 18.0 Å². The van der Waals surface area contributed by atoms with Crippen LogP contribution in [0.4, 0.5) is 0 Å². The van der Waals surface area contributed by atoms with Crippen LogP contribution < -0.4 is 9.47 Å². The number of carbonyl (C=O) groups excluding carboxylic acids is 1. The van der Waals surface area contributed by atoms with E-state index in [1.54, 1.807) is 0 Å². The molecule has 6 nitrogen and oxygen atoms in total. The normalized spacial score (nSPS) is 11.5. The number of benzene rings is 1. The maximum atomic E-state index is 11.4. The molecule has 0 spiro atoms. The van der Waals surface area contributed by atoms with Crippen LogP contribution >= 0.6 is 0 Å². The predicted molar refractivity (Wildman–Crippen MR) is 62.1 cm³/mol. The molecule has 0 fully saturated rings. The summed E-state index contributed by atoms with van der Waals surface area (Å²) >= 11 is 0. The maximum Gasteiger partial charge on any atom is 0.344 e. The first kappa shape index (κ1) is 13.8. The monoisotopic (exact) mass is 254 g/mol. The molecule has 1 aromatic rings. The quantitative estimate of drug-likeness (QED) is 0.798. The molecule has 0 aromatic heterocycles. The lowest BCUT2D eigenvalue weighted by molar-refractivity contribution is -0.144. The van der Waals surface area contributed by atoms with Crippen LogP contribution in [0.2, 0.25) is 0 Å². The lowest BCUT2D eigenvalue weighted by Gasteiger charge is -2.14. The van der Waals surface area contributed by atoms with Gasteiger partial charge in [0.2, 0.25) is 0 Å². The van der Waals surface area contributed by atoms with Gasteiger partial charge in [-0.25, -0.2) is 9.59 Å². The Morgan fingerprint density at radius 2 is 1.89 bits per heavy atom. The third-order valence-electron chi connectivity index (χ3n) is 2.24. The number of methoxy groups -OCH3 is 2. The molecule has 0 heterocycles. The molecule has 0 saturated carbocycles. The Morgan fingerprint density at radius 1 is 1.22 bits per heavy atom. The summed E-state index contributed by atoms with van der Waals surface area (Å²) in [6.07, 6.45) is -1.05. The summed E-state index contributed by atoms with van der Waals surface area (Å²) in [6.45, 7) is 1.38. The molecule has 0 saturated heterocycles. The molecule has 1 aromatic carbocycles. The van der Waals surface area contributed by atoms with Gasteiger partial charge in [-0.1, -0.05) is 0 Å². The van der Waals surface area contributed by atoms with E-state index in [9.17, 15) is 9.59 Å². The van der Waals surface area contributed by atoms with Crippen molar-refractivity contribution in [3.05, 3.63) is 23.8 Å². The fourth-order valence-corrected chi connectivity index (χ4v) is 1.25. The average molecular weight is 254 g/mol. The number of esters is 1. The molecule has 0 amide bonds. The molecule has 1 N–H and O–H groups in total. The minimum absolute atomic E-state index is 0.176. The van der Waals surface area contributed by atoms with Crippen molar-refractivity contribution in [2.75, 3.05) is 14.2 Å². The fourth-order valence-electron chi connectivity index (χ4n) is 1.25. The molecule has 0 bridgehead atoms. The highest BCUT2D eigenvalue weighted by atomic mass is 16.5. The van der Waals surface area contributed by atoms with E-state index in [4.69, 9.17) is 14.6 Å². The Balaban J connectivity index is 3.06. The van der Waals surface area contributed by atoms with Gasteiger partial charge in [0.25, 0.3) is 0 Å². The predicted octanol–water partition coefficient (Wildman–Crippen LogP) is 1.33. The SMILES string of the molecule is COC(=O)c1ccc(OC)c(OC(C)C(=O)O)c1. The molecule has 1 rings (SSSR count). The molecule has 0 radical (unpaired) electrons. The number of carboxylic acids is 1. The van der Waals surface area contributed by atoms with Crippen LogP contribution in [0.3, 0.4) is 0 Å². The summed E-state index contributed by atoms with van der Waals surface area (Å²) in [5, 5.41) is 8.77. The molecule has 98 valence electrons. The number of carbonyl (C=O) groups is 2. The van der Waals surface area contributed by atoms with Crippen molar-refractivity contribution in [1.29, 1.82) is 0 Å². The number of hydrogen-bond acceptors (Lipinski definition) is 5. The first-order valence-corrected chi connectivity index (χ1v) is 5.15. The third kappa shape index (κ3) is 3.13. The van der Waals surface area contributed by atoms with E-state index in [1.165, 1.54) is 39.3 Å². The molecular weight excluding hydrogens is 240 g/mol. The van der Waals surface area contributed by atoms with Crippen LogP contribution in [0, 0.1) is 0 Å². The highest BCUT2D eigenvalue weighted by Gasteiger charge is 2.17. The molecule has 0 aliphatic heterocycles. The van der Waals surface area contributed by atoms with E-state index >= 15 is 0 Å². The second-order valence-corrected chi connectivity index (χ2v) is 3.46. The minimum atomic E-state index is -1.11. The van der Waals surface area contributed by atoms with Crippen LogP contribution in [-0.2, 0) is 9.53 Å². The summed E-state index contributed by atoms with van der Waals surface area (Å²) in [5.74, 6) is -1.13. The molecule has 18 heavy (non-hydrogen) atoms. The molecule has 1 atom stereocenters. The third-order valence-corrected chi connectivity index (χ3v) is 2.24. The largest absolute Gasteiger partial charge is 0.493 e. The second kappa shape index (κ2) is 5.90. The number of aliphatic carboxylic acids is 1. The molecule has 0 aliphatic rings. The summed E-state index contributed by atoms with van der Waals surface area (Å²) in [5.41, 5.74) is 0.255. The Kier molecular flexibility index (Phi) is 4.53. The van der Waals surface area contributed by atoms with Crippen molar-refractivity contribution in [2.24, 2.45) is 0 Å². The fraction of sp³-hybridized carbons (Fsp3) is 0.333. The number of rotatable bonds is 5. The van der Waals surface area contributed by atoms with E-state index in [-0.39, 0.29) is 11.3 Å². The Hall–Kier alpha value is -2.24. The van der Waals surface area contributed by atoms with Gasteiger partial charge in [0.05, 0.1) is 19.8 Å². The van der Waals surface area contributed by atoms with Gasteiger partial charge in [-0.3, -0.25) is 0 Å². The van der Waals surface area contributed by atoms with Gasteiger partial charge in [0, 0.05) is 0 Å². The van der Waals surface area contributed by atoms with Gasteiger partial charge in [0.15, 0.2) is 17.6 Å². The van der Waals surface area contributed by atoms with Gasteiger partial charge in [-0.15, -0.1) is 0 Å². The standard InChI is InChI=1S/C12H14O6/c1-7(11(13)14)18-10-6-8(12(15)17-3)4-5-9(10)16-2/h4-7H,1-3H3,(H,13,14). The Labute approximate surface area is 104 Å². The molecule has 1 unspecified atom stereocenters. The van der Waals surface area contributed by atoms with Crippen molar-refractivity contribution in [2.45, 2.75) is 13.0 Å². The van der Waals surface area contributed by atoms with E-state index in [0.717, 1.165) is 0 Å². The lowest BCUT2D eigenvalue weighted by atomic mass is 10.2. The van der Waals surface area contributed by atoms with Crippen LogP contribution in [0.1, 0.15) is 17.3 Å². The molecular formula is C12H14O6. The van der Waals surface area contributed by atoms with Crippen LogP contribution in [0.5, 0.6) is 11.5 Å². The number of carboxylic acid groups (broad SMARTS) is 1. The smallest absolute Gasteiger partial charge is 0.344 e. The van der Waals surface area contributed by atoms with E-state index in [2.05, 4.69) is 4.74 Å². The van der Waals surface area contributed by atoms with Gasteiger partial charge in [-0.2, -0.15) is 0 Å². The first-order valence-electron chi connectivity index (χ1n) is 5.15. The van der Waals surface area contributed by atoms with Crippen molar-refractivity contribution >= 4 is 11.9 Å². The molecule has 0 aliphatic carbocycles. The second-order valence-electron chi connectivity index (χ2n) is 3.46. The van der Waals surface area contributed by atoms with Crippen LogP contribution in [0.15, 0.2) is 18.2 Å². The van der Waals surface area contributed by atoms with E-state index in [0.29, 0.717) is 5.75 Å². The zero-order valence-electron chi connectivity index (χ0n) is 10.3. The maximum absolute atomic E-state index is 11.4. The Bertz CT molecular complexity index is 454. The number of hydrogen-bond donors (Lipinski definition) is 1. The van der Waals surface area contributed by atoms with Crippen LogP contribution in [0.25, 0.3) is 0 Å². The summed E-state index contributed by atoms with van der Waals surface area (Å²) < 4.78 is 14.8. The zero-order chi connectivity index (χ0) is 13.7. The summed E-state index contributed by atoms with van der Waals surface area (Å²) in [4.78, 5) is 22.1. The van der Waals surface area contributed by atoms with Crippen molar-refractivity contribution in [3.8, 4) is 11.5 Å². The Morgan fingerprint density at radius 3 is 2.39 bits per heavy atom. The molecule has 6 heteroatoms. The van der Waals surface area contributed by atoms with Crippen molar-refractivity contribution < 1.29 is 28.9 Å². The highest BCUT2D eigenvalue weighted by molar-refractivity contribution is 5.90. The topological polar surface area (TPSA) is 82.1 Å². The van der Waals surface area contributed by atoms with E-state index in [1.807, 2.05) is 0 Å². The number of ether oxygens (including phenoxy) is 3. The average Bonchev–Trinajstić information content (AvgIpc) is 2.37. The van der Waals surface area contributed by atoms with Gasteiger partial charge in [0.1, 0.15) is 0 Å². The zero-order valence-corrected chi connectivity index (χ0v) is 10.3. The first-order chi connectivity index (χ1) is 8.49. The lowest BCUT2D eigenvalue weighted by Crippen LogP contribution is -2.23. The highest BCUT2D eigenvalue weighted by Crippen LogP contribution is 2.29. The summed E-state index contributed by atoms with van der Waals surface area (Å²) in [7, 11) is 2.68. The van der Waals surface area contributed by atoms with Gasteiger partial charge in [-0.05, 0) is 25.1 Å².